The third-order valence-corrected chi connectivity index (χ3v) is 6.89. The molecule has 1 aromatic heterocycles. The molecule has 0 radical (unpaired) electrons. The molecule has 1 atom stereocenters. The van der Waals surface area contributed by atoms with Crippen LogP contribution in [-0.2, 0) is 9.59 Å². The van der Waals surface area contributed by atoms with Crippen LogP contribution in [0.25, 0.3) is 11.3 Å². The van der Waals surface area contributed by atoms with E-state index in [-0.39, 0.29) is 24.2 Å². The summed E-state index contributed by atoms with van der Waals surface area (Å²) in [5.74, 6) is 2.05. The van der Waals surface area contributed by atoms with Gasteiger partial charge in [-0.1, -0.05) is 0 Å². The Labute approximate surface area is 216 Å². The van der Waals surface area contributed by atoms with E-state index in [1.807, 2.05) is 72.5 Å². The van der Waals surface area contributed by atoms with Gasteiger partial charge in [-0.3, -0.25) is 9.59 Å². The fourth-order valence-electron chi connectivity index (χ4n) is 4.84. The molecule has 0 N–H and O–H groups in total. The predicted molar refractivity (Wildman–Crippen MR) is 141 cm³/mol. The standard InChI is InChI=1S/C28H31N5O4/c1-3-37-24-8-4-20(5-9-24)25-12-13-26(30-29-25)31-14-16-32(17-15-31)28(35)21-18-27(34)33(19-21)22-6-10-23(36-2)11-7-22/h4-13,21H,3,14-19H2,1-2H3. The first kappa shape index (κ1) is 24.5. The highest BCUT2D eigenvalue weighted by Crippen LogP contribution is 2.28. The summed E-state index contributed by atoms with van der Waals surface area (Å²) in [7, 11) is 1.61. The van der Waals surface area contributed by atoms with Crippen LogP contribution in [0.15, 0.2) is 60.7 Å². The zero-order valence-electron chi connectivity index (χ0n) is 21.2. The number of carbonyl (C=O) groups excluding carboxylic acids is 2. The fourth-order valence-corrected chi connectivity index (χ4v) is 4.84. The molecule has 2 saturated heterocycles. The molecule has 3 aromatic rings. The van der Waals surface area contributed by atoms with Crippen LogP contribution in [0.5, 0.6) is 11.5 Å². The number of hydrogen-bond acceptors (Lipinski definition) is 7. The molecule has 2 amide bonds. The van der Waals surface area contributed by atoms with E-state index in [4.69, 9.17) is 9.47 Å². The lowest BCUT2D eigenvalue weighted by molar-refractivity contribution is -0.136. The molecule has 0 aliphatic carbocycles. The number of carbonyl (C=O) groups is 2. The van der Waals surface area contributed by atoms with Crippen molar-refractivity contribution in [3.63, 3.8) is 0 Å². The molecule has 0 bridgehead atoms. The number of hydrogen-bond donors (Lipinski definition) is 0. The van der Waals surface area contributed by atoms with E-state index >= 15 is 0 Å². The van der Waals surface area contributed by atoms with E-state index in [2.05, 4.69) is 15.1 Å². The van der Waals surface area contributed by atoms with E-state index in [0.29, 0.717) is 39.3 Å². The van der Waals surface area contributed by atoms with Gasteiger partial charge in [-0.05, 0) is 67.6 Å². The Hall–Kier alpha value is -4.14. The Morgan fingerprint density at radius 1 is 0.919 bits per heavy atom. The number of nitrogens with zero attached hydrogens (tertiary/aromatic N) is 5. The Morgan fingerprint density at radius 2 is 1.62 bits per heavy atom. The number of piperazine rings is 1. The van der Waals surface area contributed by atoms with Gasteiger partial charge in [-0.15, -0.1) is 10.2 Å². The summed E-state index contributed by atoms with van der Waals surface area (Å²) in [5, 5.41) is 8.84. The number of methoxy groups -OCH3 is 1. The second-order valence-corrected chi connectivity index (χ2v) is 9.15. The van der Waals surface area contributed by atoms with Gasteiger partial charge < -0.3 is 24.2 Å². The molecule has 3 heterocycles. The molecule has 9 heteroatoms. The molecule has 9 nitrogen and oxygen atoms in total. The Kier molecular flexibility index (Phi) is 7.20. The zero-order valence-corrected chi connectivity index (χ0v) is 21.2. The van der Waals surface area contributed by atoms with Gasteiger partial charge in [0.05, 0.1) is 25.3 Å². The van der Waals surface area contributed by atoms with E-state index in [1.54, 1.807) is 12.0 Å². The lowest BCUT2D eigenvalue weighted by Gasteiger charge is -2.36. The SMILES string of the molecule is CCOc1ccc(-c2ccc(N3CCN(C(=O)C4CC(=O)N(c5ccc(OC)cc5)C4)CC3)nn2)cc1. The van der Waals surface area contributed by atoms with Gasteiger partial charge in [-0.2, -0.15) is 0 Å². The van der Waals surface area contributed by atoms with Crippen LogP contribution in [0.1, 0.15) is 13.3 Å². The number of benzene rings is 2. The zero-order chi connectivity index (χ0) is 25.8. The van der Waals surface area contributed by atoms with Crippen LogP contribution in [0.3, 0.4) is 0 Å². The molecule has 0 spiro atoms. The maximum atomic E-state index is 13.2. The second kappa shape index (κ2) is 10.9. The third-order valence-electron chi connectivity index (χ3n) is 6.89. The van der Waals surface area contributed by atoms with Crippen LogP contribution >= 0.6 is 0 Å². The summed E-state index contributed by atoms with van der Waals surface area (Å²) < 4.78 is 10.7. The maximum Gasteiger partial charge on any atom is 0.228 e. The molecular weight excluding hydrogens is 470 g/mol. The minimum atomic E-state index is -0.325. The minimum Gasteiger partial charge on any atom is -0.497 e. The van der Waals surface area contributed by atoms with Crippen LogP contribution in [-0.4, -0.2) is 73.4 Å². The Balaban J connectivity index is 1.15. The van der Waals surface area contributed by atoms with Crippen LogP contribution in [0, 0.1) is 5.92 Å². The average Bonchev–Trinajstić information content (AvgIpc) is 3.35. The Bertz CT molecular complexity index is 1220. The molecule has 2 aliphatic rings. The summed E-state index contributed by atoms with van der Waals surface area (Å²) in [6, 6.07) is 19.1. The van der Waals surface area contributed by atoms with Crippen molar-refractivity contribution in [2.24, 2.45) is 5.92 Å². The molecule has 2 aromatic carbocycles. The van der Waals surface area contributed by atoms with Gasteiger partial charge in [0.2, 0.25) is 11.8 Å². The van der Waals surface area contributed by atoms with Crippen molar-refractivity contribution in [1.82, 2.24) is 15.1 Å². The van der Waals surface area contributed by atoms with E-state index in [9.17, 15) is 9.59 Å². The first-order valence-corrected chi connectivity index (χ1v) is 12.6. The van der Waals surface area contributed by atoms with E-state index in [0.717, 1.165) is 34.3 Å². The molecule has 2 aliphatic heterocycles. The Morgan fingerprint density at radius 3 is 2.24 bits per heavy atom. The summed E-state index contributed by atoms with van der Waals surface area (Å²) in [6.07, 6.45) is 0.240. The van der Waals surface area contributed by atoms with Crippen molar-refractivity contribution in [2.45, 2.75) is 13.3 Å². The van der Waals surface area contributed by atoms with Crippen molar-refractivity contribution in [2.75, 3.05) is 56.2 Å². The van der Waals surface area contributed by atoms with Crippen molar-refractivity contribution in [3.8, 4) is 22.8 Å². The van der Waals surface area contributed by atoms with Gasteiger partial charge in [0.25, 0.3) is 0 Å². The number of anilines is 2. The van der Waals surface area contributed by atoms with Gasteiger partial charge >= 0.3 is 0 Å². The molecule has 5 rings (SSSR count). The first-order chi connectivity index (χ1) is 18.1. The highest BCUT2D eigenvalue weighted by Gasteiger charge is 2.38. The molecule has 1 unspecified atom stereocenters. The van der Waals surface area contributed by atoms with Crippen LogP contribution in [0.4, 0.5) is 11.5 Å². The number of amides is 2. The van der Waals surface area contributed by atoms with Gasteiger partial charge in [0.15, 0.2) is 5.82 Å². The summed E-state index contributed by atoms with van der Waals surface area (Å²) in [6.45, 7) is 5.53. The lowest BCUT2D eigenvalue weighted by Crippen LogP contribution is -2.51. The number of rotatable bonds is 7. The minimum absolute atomic E-state index is 0.0231. The monoisotopic (exact) mass is 501 g/mol. The fraction of sp³-hybridized carbons (Fsp3) is 0.357. The quantitative estimate of drug-likeness (QED) is 0.491. The van der Waals surface area contributed by atoms with Gasteiger partial charge in [0, 0.05) is 50.4 Å². The second-order valence-electron chi connectivity index (χ2n) is 9.15. The predicted octanol–water partition coefficient (Wildman–Crippen LogP) is 3.25. The largest absolute Gasteiger partial charge is 0.497 e. The molecule has 192 valence electrons. The lowest BCUT2D eigenvalue weighted by atomic mass is 10.1. The van der Waals surface area contributed by atoms with Gasteiger partial charge in [0.1, 0.15) is 11.5 Å². The van der Waals surface area contributed by atoms with Crippen molar-refractivity contribution in [3.05, 3.63) is 60.7 Å². The highest BCUT2D eigenvalue weighted by atomic mass is 16.5. The smallest absolute Gasteiger partial charge is 0.228 e. The van der Waals surface area contributed by atoms with Crippen molar-refractivity contribution in [1.29, 1.82) is 0 Å². The average molecular weight is 502 g/mol. The molecule has 2 fully saturated rings. The number of aromatic nitrogens is 2. The summed E-state index contributed by atoms with van der Waals surface area (Å²) in [5.41, 5.74) is 2.57. The van der Waals surface area contributed by atoms with E-state index < -0.39 is 0 Å². The highest BCUT2D eigenvalue weighted by molar-refractivity contribution is 6.00. The maximum absolute atomic E-state index is 13.2. The third kappa shape index (κ3) is 5.35. The number of ether oxygens (including phenoxy) is 2. The van der Waals surface area contributed by atoms with Crippen molar-refractivity contribution < 1.29 is 19.1 Å². The summed E-state index contributed by atoms with van der Waals surface area (Å²) >= 11 is 0. The van der Waals surface area contributed by atoms with Crippen molar-refractivity contribution >= 4 is 23.3 Å². The molecular formula is C28H31N5O4. The topological polar surface area (TPSA) is 88.1 Å². The van der Waals surface area contributed by atoms with Gasteiger partial charge in [-0.25, -0.2) is 0 Å². The molecule has 37 heavy (non-hydrogen) atoms. The summed E-state index contributed by atoms with van der Waals surface area (Å²) in [4.78, 5) is 31.5. The van der Waals surface area contributed by atoms with Crippen LogP contribution in [0.2, 0.25) is 0 Å². The molecule has 0 saturated carbocycles. The first-order valence-electron chi connectivity index (χ1n) is 12.6. The van der Waals surface area contributed by atoms with Crippen LogP contribution < -0.4 is 19.3 Å². The normalized spacial score (nSPS) is 17.7. The van der Waals surface area contributed by atoms with E-state index in [1.165, 1.54) is 0 Å².